The average Bonchev–Trinajstić information content (AvgIpc) is 3.03. The maximum atomic E-state index is 12.6. The monoisotopic (exact) mass is 435 g/mol. The minimum atomic E-state index is -0.927. The number of nitroso groups, excluding NO2 is 1. The maximum Gasteiger partial charge on any atom is 0.305 e. The van der Waals surface area contributed by atoms with Crippen LogP contribution in [0.1, 0.15) is 29.4 Å². The minimum absolute atomic E-state index is 0.0699. The normalized spacial score (nSPS) is 10.3. The second kappa shape index (κ2) is 11.0. The van der Waals surface area contributed by atoms with Crippen LogP contribution in [0.3, 0.4) is 0 Å². The Bertz CT molecular complexity index is 945. The van der Waals surface area contributed by atoms with Crippen LogP contribution in [0.25, 0.3) is 0 Å². The van der Waals surface area contributed by atoms with Crippen molar-refractivity contribution < 1.29 is 24.2 Å². The molecule has 0 aliphatic heterocycles. The molecule has 0 saturated carbocycles. The van der Waals surface area contributed by atoms with Gasteiger partial charge in [-0.1, -0.05) is 11.3 Å². The van der Waals surface area contributed by atoms with Crippen molar-refractivity contribution in [1.29, 1.82) is 0 Å². The molecule has 1 heterocycles. The Morgan fingerprint density at radius 1 is 1.23 bits per heavy atom. The molecule has 30 heavy (non-hydrogen) atoms. The number of carboxylic acid groups (broad SMARTS) is 1. The number of aromatic nitrogens is 1. The Hall–Kier alpha value is -3.38. The molecular weight excluding hydrogens is 414 g/mol. The summed E-state index contributed by atoms with van der Waals surface area (Å²) in [5.41, 5.74) is 1.55. The van der Waals surface area contributed by atoms with E-state index in [9.17, 15) is 19.3 Å². The van der Waals surface area contributed by atoms with Crippen LogP contribution in [0, 0.1) is 11.8 Å². The molecule has 0 bridgehead atoms. The third-order valence-electron chi connectivity index (χ3n) is 3.69. The van der Waals surface area contributed by atoms with Gasteiger partial charge in [0.25, 0.3) is 5.91 Å². The summed E-state index contributed by atoms with van der Waals surface area (Å²) in [5, 5.41) is 20.1. The summed E-state index contributed by atoms with van der Waals surface area (Å²) < 4.78 is 5.20. The molecule has 0 atom stereocenters. The Kier molecular flexibility index (Phi) is 8.38. The number of carbonyl (C=O) groups is 3. The number of carbonyl (C=O) groups excluding carboxylic acids is 2. The molecule has 1 aromatic heterocycles. The zero-order chi connectivity index (χ0) is 22.1. The zero-order valence-electron chi connectivity index (χ0n) is 16.4. The van der Waals surface area contributed by atoms with E-state index in [0.29, 0.717) is 30.2 Å². The molecule has 2 aromatic rings. The number of nitrogens with one attached hydrogen (secondary N) is 3. The molecule has 0 spiro atoms. The van der Waals surface area contributed by atoms with E-state index >= 15 is 0 Å². The summed E-state index contributed by atoms with van der Waals surface area (Å²) in [5.74, 6) is -1.78. The highest BCUT2D eigenvalue weighted by Gasteiger charge is 2.16. The van der Waals surface area contributed by atoms with Crippen LogP contribution in [0.2, 0.25) is 0 Å². The minimum Gasteiger partial charge on any atom is -0.481 e. The number of benzene rings is 1. The number of ether oxygens (including phenoxy) is 1. The van der Waals surface area contributed by atoms with Crippen LogP contribution in [0.15, 0.2) is 23.4 Å². The van der Waals surface area contributed by atoms with Crippen molar-refractivity contribution in [2.24, 2.45) is 5.18 Å². The molecule has 0 aliphatic carbocycles. The van der Waals surface area contributed by atoms with Crippen molar-refractivity contribution in [3.05, 3.63) is 34.4 Å². The second-order valence-electron chi connectivity index (χ2n) is 6.08. The van der Waals surface area contributed by atoms with Crippen molar-refractivity contribution in [1.82, 2.24) is 4.98 Å². The summed E-state index contributed by atoms with van der Waals surface area (Å²) in [6.45, 7) is 3.75. The predicted molar refractivity (Wildman–Crippen MR) is 113 cm³/mol. The van der Waals surface area contributed by atoms with E-state index in [0.717, 1.165) is 11.3 Å². The first-order valence-corrected chi connectivity index (χ1v) is 9.69. The first-order valence-electron chi connectivity index (χ1n) is 8.87. The molecule has 4 N–H and O–H groups in total. The highest BCUT2D eigenvalue weighted by Crippen LogP contribution is 2.31. The molecule has 12 heteroatoms. The number of rotatable bonds is 11. The van der Waals surface area contributed by atoms with Crippen molar-refractivity contribution in [2.45, 2.75) is 20.3 Å². The van der Waals surface area contributed by atoms with Gasteiger partial charge in [0, 0.05) is 19.2 Å². The number of hydrogen-bond acceptors (Lipinski definition) is 9. The van der Waals surface area contributed by atoms with Crippen molar-refractivity contribution in [2.75, 3.05) is 35.7 Å². The lowest BCUT2D eigenvalue weighted by atomic mass is 10.1. The van der Waals surface area contributed by atoms with E-state index in [2.05, 4.69) is 26.1 Å². The number of anilines is 3. The lowest BCUT2D eigenvalue weighted by molar-refractivity contribution is -0.138. The van der Waals surface area contributed by atoms with E-state index in [1.54, 1.807) is 19.1 Å². The Morgan fingerprint density at radius 2 is 2.00 bits per heavy atom. The van der Waals surface area contributed by atoms with Crippen LogP contribution in [0.4, 0.5) is 21.5 Å². The molecule has 160 valence electrons. The van der Waals surface area contributed by atoms with Crippen LogP contribution >= 0.6 is 11.3 Å². The van der Waals surface area contributed by atoms with Gasteiger partial charge in [0.15, 0.2) is 10.1 Å². The summed E-state index contributed by atoms with van der Waals surface area (Å²) in [7, 11) is 0. The Morgan fingerprint density at radius 3 is 2.63 bits per heavy atom. The van der Waals surface area contributed by atoms with E-state index < -0.39 is 11.9 Å². The fraction of sp³-hybridized carbons (Fsp3) is 0.333. The van der Waals surface area contributed by atoms with Gasteiger partial charge in [0.05, 0.1) is 36.6 Å². The number of thiazole rings is 1. The number of amides is 2. The molecule has 0 aliphatic rings. The third-order valence-corrected chi connectivity index (χ3v) is 4.64. The van der Waals surface area contributed by atoms with Gasteiger partial charge >= 0.3 is 5.97 Å². The first-order chi connectivity index (χ1) is 14.3. The summed E-state index contributed by atoms with van der Waals surface area (Å²) >= 11 is 0.952. The van der Waals surface area contributed by atoms with Gasteiger partial charge in [-0.15, -0.1) is 4.91 Å². The summed E-state index contributed by atoms with van der Waals surface area (Å²) in [6, 6.07) is 4.79. The lowest BCUT2D eigenvalue weighted by Gasteiger charge is -2.13. The summed E-state index contributed by atoms with van der Waals surface area (Å²) in [6.07, 6.45) is -0.0699. The fourth-order valence-electron chi connectivity index (χ4n) is 2.37. The zero-order valence-corrected chi connectivity index (χ0v) is 17.2. The topological polar surface area (TPSA) is 159 Å². The standard InChI is InChI=1S/C18H21N5O6S/c1-10-17(23-28)30-18(20-10)22-16(27)13-4-3-12(9-14(13)21-11(2)24)19-6-8-29-7-5-15(25)26/h3-4,9,19H,5-8H2,1-2H3,(H,21,24)(H,25,26)(H,20,22,27). The van der Waals surface area contributed by atoms with Gasteiger partial charge in [0.2, 0.25) is 5.91 Å². The molecule has 0 saturated heterocycles. The van der Waals surface area contributed by atoms with E-state index in [1.165, 1.54) is 13.0 Å². The van der Waals surface area contributed by atoms with Crippen LogP contribution in [-0.2, 0) is 14.3 Å². The summed E-state index contributed by atoms with van der Waals surface area (Å²) in [4.78, 5) is 49.4. The number of hydrogen-bond donors (Lipinski definition) is 4. The SMILES string of the molecule is CC(=O)Nc1cc(NCCOCCC(=O)O)ccc1C(=O)Nc1nc(C)c(N=O)s1. The largest absolute Gasteiger partial charge is 0.481 e. The number of carboxylic acids is 1. The number of nitrogens with zero attached hydrogens (tertiary/aromatic N) is 2. The van der Waals surface area contributed by atoms with Gasteiger partial charge < -0.3 is 20.5 Å². The molecule has 2 amide bonds. The highest BCUT2D eigenvalue weighted by atomic mass is 32.1. The van der Waals surface area contributed by atoms with Crippen molar-refractivity contribution >= 4 is 50.6 Å². The Balaban J connectivity index is 2.05. The van der Waals surface area contributed by atoms with Gasteiger partial charge in [-0.3, -0.25) is 19.7 Å². The quantitative estimate of drug-likeness (QED) is 0.310. The van der Waals surface area contributed by atoms with Gasteiger partial charge in [-0.2, -0.15) is 0 Å². The van der Waals surface area contributed by atoms with E-state index in [4.69, 9.17) is 9.84 Å². The van der Waals surface area contributed by atoms with Gasteiger partial charge in [-0.05, 0) is 30.3 Å². The lowest BCUT2D eigenvalue weighted by Crippen LogP contribution is -2.17. The van der Waals surface area contributed by atoms with E-state index in [1.807, 2.05) is 0 Å². The van der Waals surface area contributed by atoms with Crippen LogP contribution < -0.4 is 16.0 Å². The highest BCUT2D eigenvalue weighted by molar-refractivity contribution is 7.19. The van der Waals surface area contributed by atoms with Crippen LogP contribution in [0.5, 0.6) is 0 Å². The molecule has 1 aromatic carbocycles. The third kappa shape index (κ3) is 6.90. The molecular formula is C18H21N5O6S. The molecule has 2 rings (SSSR count). The van der Waals surface area contributed by atoms with Crippen LogP contribution in [-0.4, -0.2) is 47.6 Å². The Labute approximate surface area is 175 Å². The smallest absolute Gasteiger partial charge is 0.305 e. The predicted octanol–water partition coefficient (Wildman–Crippen LogP) is 2.96. The van der Waals surface area contributed by atoms with Gasteiger partial charge in [0.1, 0.15) is 0 Å². The fourth-order valence-corrected chi connectivity index (χ4v) is 3.11. The number of aliphatic carboxylic acids is 1. The molecule has 0 unspecified atom stereocenters. The average molecular weight is 435 g/mol. The van der Waals surface area contributed by atoms with Crippen molar-refractivity contribution in [3.8, 4) is 0 Å². The molecule has 0 fully saturated rings. The maximum absolute atomic E-state index is 12.6. The molecule has 11 nitrogen and oxygen atoms in total. The van der Waals surface area contributed by atoms with Gasteiger partial charge in [-0.25, -0.2) is 4.98 Å². The van der Waals surface area contributed by atoms with Crippen molar-refractivity contribution in [3.63, 3.8) is 0 Å². The molecule has 0 radical (unpaired) electrons. The first kappa shape index (κ1) is 22.9. The second-order valence-corrected chi connectivity index (χ2v) is 7.06. The van der Waals surface area contributed by atoms with E-state index in [-0.39, 0.29) is 34.6 Å². The number of aryl methyl sites for hydroxylation is 1.